The van der Waals surface area contributed by atoms with Gasteiger partial charge in [-0.05, 0) is 43.2 Å². The van der Waals surface area contributed by atoms with Crippen molar-refractivity contribution in [3.05, 3.63) is 83.2 Å². The molecule has 0 spiro atoms. The van der Waals surface area contributed by atoms with Gasteiger partial charge < -0.3 is 4.90 Å². The summed E-state index contributed by atoms with van der Waals surface area (Å²) in [5.74, 6) is 0.281. The number of aromatic nitrogens is 3. The van der Waals surface area contributed by atoms with E-state index in [9.17, 15) is 9.18 Å². The van der Waals surface area contributed by atoms with Gasteiger partial charge in [-0.2, -0.15) is 5.10 Å². The van der Waals surface area contributed by atoms with Gasteiger partial charge in [0.15, 0.2) is 0 Å². The Labute approximate surface area is 187 Å². The van der Waals surface area contributed by atoms with Gasteiger partial charge in [0.2, 0.25) is 0 Å². The molecule has 166 valence electrons. The van der Waals surface area contributed by atoms with E-state index in [0.717, 1.165) is 37.3 Å². The lowest BCUT2D eigenvalue weighted by atomic mass is 9.81. The number of aryl methyl sites for hydroxylation is 2. The van der Waals surface area contributed by atoms with Crippen LogP contribution in [0.15, 0.2) is 55.0 Å². The van der Waals surface area contributed by atoms with Crippen molar-refractivity contribution in [3.63, 3.8) is 0 Å². The zero-order chi connectivity index (χ0) is 22.2. The molecule has 0 bridgehead atoms. The van der Waals surface area contributed by atoms with E-state index in [-0.39, 0.29) is 23.7 Å². The third-order valence-electron chi connectivity index (χ3n) is 6.99. The molecular weight excluding hydrogens is 405 g/mol. The average molecular weight is 434 g/mol. The predicted molar refractivity (Wildman–Crippen MR) is 120 cm³/mol. The molecule has 5 rings (SSSR count). The molecule has 6 nitrogen and oxygen atoms in total. The Kier molecular flexibility index (Phi) is 5.51. The summed E-state index contributed by atoms with van der Waals surface area (Å²) in [6.07, 6.45) is 6.34. The summed E-state index contributed by atoms with van der Waals surface area (Å²) in [5, 5.41) is 4.48. The summed E-state index contributed by atoms with van der Waals surface area (Å²) in [6.45, 7) is 5.39. The molecule has 2 fully saturated rings. The molecule has 0 aliphatic carbocycles. The number of amides is 1. The fourth-order valence-corrected chi connectivity index (χ4v) is 5.44. The molecule has 32 heavy (non-hydrogen) atoms. The van der Waals surface area contributed by atoms with Crippen molar-refractivity contribution >= 4 is 5.91 Å². The van der Waals surface area contributed by atoms with Crippen molar-refractivity contribution in [1.82, 2.24) is 24.6 Å². The van der Waals surface area contributed by atoms with Crippen molar-refractivity contribution in [3.8, 4) is 0 Å². The molecule has 3 atom stereocenters. The van der Waals surface area contributed by atoms with Gasteiger partial charge in [0.1, 0.15) is 5.82 Å². The molecule has 0 radical (unpaired) electrons. The van der Waals surface area contributed by atoms with Gasteiger partial charge in [-0.25, -0.2) is 4.39 Å². The van der Waals surface area contributed by atoms with Crippen molar-refractivity contribution in [2.45, 2.75) is 31.8 Å². The highest BCUT2D eigenvalue weighted by atomic mass is 19.1. The standard InChI is InChI=1S/C25H28FN5O/c1-17-20(13-29(2)28-17)14-30-11-9-24-23(15-30)22(18-5-7-21(26)8-6-18)16-31(24)25(32)19-4-3-10-27-12-19/h3-8,10,12-13,22-24H,9,11,14-16H2,1-2H3/t22-,23-,24-/m0/s1. The summed E-state index contributed by atoms with van der Waals surface area (Å²) < 4.78 is 15.5. The van der Waals surface area contributed by atoms with Gasteiger partial charge >= 0.3 is 0 Å². The Morgan fingerprint density at radius 1 is 1.19 bits per heavy atom. The minimum Gasteiger partial charge on any atom is -0.335 e. The van der Waals surface area contributed by atoms with E-state index >= 15 is 0 Å². The van der Waals surface area contributed by atoms with Crippen molar-refractivity contribution in [2.75, 3.05) is 19.6 Å². The Bertz CT molecular complexity index is 1100. The summed E-state index contributed by atoms with van der Waals surface area (Å²) in [7, 11) is 1.95. The number of halogens is 1. The van der Waals surface area contributed by atoms with Crippen LogP contribution in [0.4, 0.5) is 4.39 Å². The van der Waals surface area contributed by atoms with Gasteiger partial charge in [0, 0.05) is 75.3 Å². The van der Waals surface area contributed by atoms with Gasteiger partial charge in [-0.1, -0.05) is 12.1 Å². The lowest BCUT2D eigenvalue weighted by Gasteiger charge is -2.39. The first kappa shape index (κ1) is 20.8. The van der Waals surface area contributed by atoms with Crippen molar-refractivity contribution < 1.29 is 9.18 Å². The summed E-state index contributed by atoms with van der Waals surface area (Å²) >= 11 is 0. The first-order chi connectivity index (χ1) is 15.5. The first-order valence-electron chi connectivity index (χ1n) is 11.2. The van der Waals surface area contributed by atoms with E-state index in [4.69, 9.17) is 0 Å². The number of nitrogens with zero attached hydrogens (tertiary/aromatic N) is 5. The number of fused-ring (bicyclic) bond motifs is 1. The highest BCUT2D eigenvalue weighted by Crippen LogP contribution is 2.42. The maximum Gasteiger partial charge on any atom is 0.255 e. The quantitative estimate of drug-likeness (QED) is 0.633. The SMILES string of the molecule is Cc1nn(C)cc1CN1CC[C@H]2[C@@H](C1)[C@H](c1ccc(F)cc1)CN2C(=O)c1cccnc1. The van der Waals surface area contributed by atoms with Crippen molar-refractivity contribution in [1.29, 1.82) is 0 Å². The predicted octanol–water partition coefficient (Wildman–Crippen LogP) is 3.39. The van der Waals surface area contributed by atoms with Crippen LogP contribution >= 0.6 is 0 Å². The zero-order valence-corrected chi connectivity index (χ0v) is 18.5. The second-order valence-electron chi connectivity index (χ2n) is 9.03. The Morgan fingerprint density at radius 2 is 2.00 bits per heavy atom. The topological polar surface area (TPSA) is 54.3 Å². The van der Waals surface area contributed by atoms with Crippen LogP contribution in [0.25, 0.3) is 0 Å². The number of benzene rings is 1. The zero-order valence-electron chi connectivity index (χ0n) is 18.5. The van der Waals surface area contributed by atoms with Crippen LogP contribution < -0.4 is 0 Å². The van der Waals surface area contributed by atoms with E-state index in [1.165, 1.54) is 17.7 Å². The summed E-state index contributed by atoms with van der Waals surface area (Å²) in [6, 6.07) is 10.6. The van der Waals surface area contributed by atoms with Crippen LogP contribution in [-0.4, -0.2) is 56.1 Å². The summed E-state index contributed by atoms with van der Waals surface area (Å²) in [5.41, 5.74) is 4.02. The van der Waals surface area contributed by atoms with Crippen LogP contribution in [0.1, 0.15) is 39.5 Å². The number of piperidine rings is 1. The van der Waals surface area contributed by atoms with Crippen LogP contribution in [0.5, 0.6) is 0 Å². The number of pyridine rings is 1. The van der Waals surface area contributed by atoms with Crippen molar-refractivity contribution in [2.24, 2.45) is 13.0 Å². The smallest absolute Gasteiger partial charge is 0.255 e. The number of carbonyl (C=O) groups excluding carboxylic acids is 1. The van der Waals surface area contributed by atoms with Gasteiger partial charge in [0.05, 0.1) is 11.3 Å². The molecule has 4 heterocycles. The molecule has 2 saturated heterocycles. The number of hydrogen-bond acceptors (Lipinski definition) is 4. The average Bonchev–Trinajstić information content (AvgIpc) is 3.33. The Hall–Kier alpha value is -3.06. The lowest BCUT2D eigenvalue weighted by Crippen LogP contribution is -2.47. The van der Waals surface area contributed by atoms with Crippen LogP contribution in [0.2, 0.25) is 0 Å². The number of rotatable bonds is 4. The van der Waals surface area contributed by atoms with Gasteiger partial charge in [0.25, 0.3) is 5.91 Å². The second-order valence-corrected chi connectivity index (χ2v) is 9.03. The van der Waals surface area contributed by atoms with E-state index in [1.54, 1.807) is 18.5 Å². The molecule has 2 aromatic heterocycles. The monoisotopic (exact) mass is 433 g/mol. The molecule has 0 unspecified atom stereocenters. The minimum atomic E-state index is -0.232. The first-order valence-corrected chi connectivity index (χ1v) is 11.2. The maximum atomic E-state index is 13.6. The highest BCUT2D eigenvalue weighted by molar-refractivity contribution is 5.94. The highest BCUT2D eigenvalue weighted by Gasteiger charge is 2.47. The summed E-state index contributed by atoms with van der Waals surface area (Å²) in [4.78, 5) is 22.0. The van der Waals surface area contributed by atoms with E-state index in [0.29, 0.717) is 18.0 Å². The largest absolute Gasteiger partial charge is 0.335 e. The molecule has 7 heteroatoms. The fraction of sp³-hybridized carbons (Fsp3) is 0.400. The van der Waals surface area contributed by atoms with Gasteiger partial charge in [-0.3, -0.25) is 19.4 Å². The minimum absolute atomic E-state index is 0.0364. The molecule has 2 aliphatic rings. The Balaban J connectivity index is 1.41. The van der Waals surface area contributed by atoms with Crippen LogP contribution in [0.3, 0.4) is 0 Å². The molecule has 1 amide bonds. The maximum absolute atomic E-state index is 13.6. The molecule has 2 aliphatic heterocycles. The van der Waals surface area contributed by atoms with Crippen LogP contribution in [-0.2, 0) is 13.6 Å². The molecule has 0 N–H and O–H groups in total. The van der Waals surface area contributed by atoms with Gasteiger partial charge in [-0.15, -0.1) is 0 Å². The van der Waals surface area contributed by atoms with Crippen LogP contribution in [0, 0.1) is 18.7 Å². The van der Waals surface area contributed by atoms with E-state index < -0.39 is 0 Å². The molecule has 1 aromatic carbocycles. The molecule has 3 aromatic rings. The normalized spacial score (nSPS) is 23.3. The Morgan fingerprint density at radius 3 is 2.69 bits per heavy atom. The van der Waals surface area contributed by atoms with E-state index in [2.05, 4.69) is 21.2 Å². The number of hydrogen-bond donors (Lipinski definition) is 0. The van der Waals surface area contributed by atoms with E-state index in [1.807, 2.05) is 41.8 Å². The number of carbonyl (C=O) groups is 1. The molecular formula is C25H28FN5O. The molecule has 0 saturated carbocycles. The third kappa shape index (κ3) is 3.93. The second kappa shape index (κ2) is 8.47. The third-order valence-corrected chi connectivity index (χ3v) is 6.99. The fourth-order valence-electron chi connectivity index (χ4n) is 5.44. The lowest BCUT2D eigenvalue weighted by molar-refractivity contribution is 0.0613. The number of likely N-dealkylation sites (tertiary alicyclic amines) is 2.